The van der Waals surface area contributed by atoms with Crippen LogP contribution < -0.4 is 2.89 Å². The van der Waals surface area contributed by atoms with E-state index in [0.717, 1.165) is 0 Å². The van der Waals surface area contributed by atoms with Crippen LogP contribution in [-0.2, 0) is 6.42 Å². The number of rotatable bonds is 12. The van der Waals surface area contributed by atoms with Gasteiger partial charge in [-0.25, -0.2) is 0 Å². The minimum atomic E-state index is 1.23. The summed E-state index contributed by atoms with van der Waals surface area (Å²) >= 11 is 3.24. The first-order chi connectivity index (χ1) is 13.8. The molecule has 2 heteroatoms. The third-order valence-corrected chi connectivity index (χ3v) is 8.18. The van der Waals surface area contributed by atoms with Crippen molar-refractivity contribution in [2.24, 2.45) is 0 Å². The number of thiophene rings is 1. The molecule has 0 spiro atoms. The van der Waals surface area contributed by atoms with Gasteiger partial charge in [0.15, 0.2) is 0 Å². The van der Waals surface area contributed by atoms with E-state index in [2.05, 4.69) is 55.5 Å². The number of hydrogen-bond donors (Lipinski definition) is 0. The molecule has 2 aromatic carbocycles. The molecule has 1 heterocycles. The Balaban J connectivity index is 1.47. The van der Waals surface area contributed by atoms with E-state index in [-0.39, 0.29) is 0 Å². The zero-order chi connectivity index (χ0) is 19.6. The molecule has 3 rings (SSSR count). The van der Waals surface area contributed by atoms with Gasteiger partial charge in [-0.1, -0.05) is 19.8 Å². The first-order valence-corrected chi connectivity index (χ1v) is 13.6. The molecule has 1 aromatic heterocycles. The van der Waals surface area contributed by atoms with E-state index < -0.39 is 0 Å². The van der Waals surface area contributed by atoms with Crippen LogP contribution in [0.3, 0.4) is 0 Å². The second kappa shape index (κ2) is 12.0. The monoisotopic (exact) mass is 498 g/mol. The number of unbranched alkanes of at least 4 members (excludes halogenated alkanes) is 9. The SMILES string of the molecule is CCCCCCCCCCCCc1c[c]([SnH])sc1-c1ccc2ccccc2c1. The number of benzene rings is 2. The molecule has 0 amide bonds. The van der Waals surface area contributed by atoms with Crippen LogP contribution in [0.25, 0.3) is 21.2 Å². The van der Waals surface area contributed by atoms with Crippen molar-refractivity contribution >= 4 is 47.5 Å². The number of aryl methyl sites for hydroxylation is 1. The van der Waals surface area contributed by atoms with Crippen molar-refractivity contribution in [2.45, 2.75) is 77.6 Å². The molecule has 3 aromatic rings. The Morgan fingerprint density at radius 1 is 0.714 bits per heavy atom. The van der Waals surface area contributed by atoms with Crippen LogP contribution in [0.1, 0.15) is 76.7 Å². The van der Waals surface area contributed by atoms with Gasteiger partial charge >= 0.3 is 170 Å². The van der Waals surface area contributed by atoms with Crippen molar-refractivity contribution in [3.05, 3.63) is 54.1 Å². The zero-order valence-electron chi connectivity index (χ0n) is 17.4. The molecule has 0 bridgehead atoms. The van der Waals surface area contributed by atoms with E-state index in [1.165, 1.54) is 114 Å². The number of hydrogen-bond acceptors (Lipinski definition) is 1. The predicted molar refractivity (Wildman–Crippen MR) is 130 cm³/mol. The van der Waals surface area contributed by atoms with Gasteiger partial charge in [0.1, 0.15) is 0 Å². The van der Waals surface area contributed by atoms with Crippen LogP contribution in [0.15, 0.2) is 48.5 Å². The molecule has 0 unspecified atom stereocenters. The molecule has 0 aliphatic carbocycles. The average Bonchev–Trinajstić information content (AvgIpc) is 3.09. The van der Waals surface area contributed by atoms with Gasteiger partial charge in [-0.3, -0.25) is 0 Å². The van der Waals surface area contributed by atoms with Crippen LogP contribution in [0.5, 0.6) is 0 Å². The Bertz CT molecular complexity index is 849. The molecule has 0 atom stereocenters. The van der Waals surface area contributed by atoms with E-state index in [4.69, 9.17) is 0 Å². The molecular weight excluding hydrogens is 463 g/mol. The third kappa shape index (κ3) is 6.62. The van der Waals surface area contributed by atoms with Crippen LogP contribution in [0.2, 0.25) is 0 Å². The molecule has 148 valence electrons. The summed E-state index contributed by atoms with van der Waals surface area (Å²) in [5.41, 5.74) is 2.99. The molecule has 0 saturated carbocycles. The van der Waals surface area contributed by atoms with Crippen LogP contribution in [0.4, 0.5) is 0 Å². The van der Waals surface area contributed by atoms with Gasteiger partial charge in [-0.05, 0) is 0 Å². The molecule has 28 heavy (non-hydrogen) atoms. The Morgan fingerprint density at radius 3 is 2.07 bits per heavy atom. The molecule has 0 fully saturated rings. The maximum absolute atomic E-state index is 2.48. The second-order valence-corrected chi connectivity index (χ2v) is 12.1. The summed E-state index contributed by atoms with van der Waals surface area (Å²) in [6, 6.07) is 18.2. The Morgan fingerprint density at radius 2 is 1.36 bits per heavy atom. The number of fused-ring (bicyclic) bond motifs is 1. The summed E-state index contributed by atoms with van der Waals surface area (Å²) in [4.78, 5) is 1.52. The van der Waals surface area contributed by atoms with Crippen LogP contribution >= 0.6 is 11.3 Å². The molecule has 0 aliphatic heterocycles. The van der Waals surface area contributed by atoms with Crippen molar-refractivity contribution in [1.29, 1.82) is 0 Å². The molecule has 2 radical (unpaired) electrons. The van der Waals surface area contributed by atoms with E-state index >= 15 is 0 Å². The quantitative estimate of drug-likeness (QED) is 0.179. The summed E-state index contributed by atoms with van der Waals surface area (Å²) in [7, 11) is 0. The van der Waals surface area contributed by atoms with Crippen molar-refractivity contribution in [3.8, 4) is 10.4 Å². The fourth-order valence-corrected chi connectivity index (χ4v) is 6.57. The summed E-state index contributed by atoms with van der Waals surface area (Å²) in [5, 5.41) is 2.69. The molecule has 0 N–H and O–H groups in total. The van der Waals surface area contributed by atoms with Gasteiger partial charge in [-0.2, -0.15) is 0 Å². The normalized spacial score (nSPS) is 11.4. The zero-order valence-corrected chi connectivity index (χ0v) is 21.5. The van der Waals surface area contributed by atoms with Crippen LogP contribution in [-0.4, -0.2) is 22.5 Å². The van der Waals surface area contributed by atoms with E-state index in [1.807, 2.05) is 11.3 Å². The van der Waals surface area contributed by atoms with Gasteiger partial charge in [-0.15, -0.1) is 0 Å². The van der Waals surface area contributed by atoms with Crippen molar-refractivity contribution in [1.82, 2.24) is 0 Å². The van der Waals surface area contributed by atoms with Gasteiger partial charge in [0.25, 0.3) is 0 Å². The van der Waals surface area contributed by atoms with Crippen molar-refractivity contribution < 1.29 is 0 Å². The summed E-state index contributed by atoms with van der Waals surface area (Å²) < 4.78 is 1.57. The van der Waals surface area contributed by atoms with Gasteiger partial charge in [0, 0.05) is 0 Å². The van der Waals surface area contributed by atoms with Gasteiger partial charge in [0.05, 0.1) is 0 Å². The topological polar surface area (TPSA) is 0 Å². The molecule has 0 nitrogen and oxygen atoms in total. The predicted octanol–water partition coefficient (Wildman–Crippen LogP) is 7.56. The fourth-order valence-electron chi connectivity index (χ4n) is 4.01. The van der Waals surface area contributed by atoms with Gasteiger partial charge in [0.2, 0.25) is 0 Å². The van der Waals surface area contributed by atoms with Crippen molar-refractivity contribution in [2.75, 3.05) is 0 Å². The van der Waals surface area contributed by atoms with E-state index in [0.29, 0.717) is 0 Å². The summed E-state index contributed by atoms with van der Waals surface area (Å²) in [6.07, 6.45) is 15.4. The minimum absolute atomic E-state index is 1.23. The molecular formula is C26H34SSn. The van der Waals surface area contributed by atoms with Crippen molar-refractivity contribution in [3.63, 3.8) is 0 Å². The Labute approximate surface area is 188 Å². The third-order valence-electron chi connectivity index (χ3n) is 5.64. The van der Waals surface area contributed by atoms with Crippen LogP contribution in [0, 0.1) is 0 Å². The van der Waals surface area contributed by atoms with E-state index in [1.54, 1.807) is 8.46 Å². The summed E-state index contributed by atoms with van der Waals surface area (Å²) in [6.45, 7) is 2.29. The first kappa shape index (κ1) is 21.9. The Kier molecular flexibility index (Phi) is 9.40. The van der Waals surface area contributed by atoms with Gasteiger partial charge < -0.3 is 0 Å². The maximum atomic E-state index is 2.48. The molecule has 0 aliphatic rings. The summed E-state index contributed by atoms with van der Waals surface area (Å²) in [5.74, 6) is 0. The fraction of sp³-hybridized carbons (Fsp3) is 0.462. The Hall–Kier alpha value is -0.801. The first-order valence-electron chi connectivity index (χ1n) is 11.2. The second-order valence-electron chi connectivity index (χ2n) is 8.00. The molecule has 0 saturated heterocycles. The standard InChI is InChI=1S/C26H33S.Sn.H/c1-2-3-4-5-6-7-8-9-10-11-15-23-19-20-27-26(23)25-18-17-22-14-12-13-16-24(22)21-25;;/h12-14,16-19,21H,2-11,15H2,1H3;;. The average molecular weight is 497 g/mol. The van der Waals surface area contributed by atoms with E-state index in [9.17, 15) is 0 Å².